The van der Waals surface area contributed by atoms with Crippen molar-refractivity contribution in [3.05, 3.63) is 0 Å². The molecule has 0 spiro atoms. The molecule has 1 saturated carbocycles. The molecule has 1 fully saturated rings. The molecular formula is C14H29NS. The predicted octanol–water partition coefficient (Wildman–Crippen LogP) is 3.99. The van der Waals surface area contributed by atoms with Gasteiger partial charge in [0.05, 0.1) is 0 Å². The summed E-state index contributed by atoms with van der Waals surface area (Å²) in [4.78, 5) is 2.54. The van der Waals surface area contributed by atoms with Crippen LogP contribution < -0.4 is 0 Å². The quantitative estimate of drug-likeness (QED) is 0.523. The van der Waals surface area contributed by atoms with Gasteiger partial charge in [-0.2, -0.15) is 12.6 Å². The normalized spacial score (nSPS) is 20.2. The third-order valence-electron chi connectivity index (χ3n) is 4.00. The molecule has 96 valence electrons. The minimum Gasteiger partial charge on any atom is -0.306 e. The van der Waals surface area contributed by atoms with Crippen molar-refractivity contribution < 1.29 is 0 Å². The average molecular weight is 243 g/mol. The second kappa shape index (κ2) is 7.60. The number of hydrogen-bond acceptors (Lipinski definition) is 2. The molecule has 0 N–H and O–H groups in total. The van der Waals surface area contributed by atoms with Crippen LogP contribution in [0, 0.1) is 5.41 Å². The topological polar surface area (TPSA) is 3.24 Å². The van der Waals surface area contributed by atoms with E-state index >= 15 is 0 Å². The van der Waals surface area contributed by atoms with Crippen molar-refractivity contribution in [2.24, 2.45) is 5.41 Å². The van der Waals surface area contributed by atoms with Crippen LogP contribution in [0.1, 0.15) is 58.3 Å². The predicted molar refractivity (Wildman–Crippen MR) is 76.4 cm³/mol. The van der Waals surface area contributed by atoms with Crippen molar-refractivity contribution in [1.82, 2.24) is 4.90 Å². The fourth-order valence-corrected chi connectivity index (χ4v) is 3.37. The van der Waals surface area contributed by atoms with E-state index in [9.17, 15) is 0 Å². The number of rotatable bonds is 7. The first-order valence-corrected chi connectivity index (χ1v) is 7.65. The van der Waals surface area contributed by atoms with Crippen LogP contribution in [0.25, 0.3) is 0 Å². The molecule has 0 atom stereocenters. The van der Waals surface area contributed by atoms with Gasteiger partial charge in [0.25, 0.3) is 0 Å². The van der Waals surface area contributed by atoms with E-state index in [2.05, 4.69) is 31.5 Å². The lowest BCUT2D eigenvalue weighted by atomic mass is 9.75. The second-order valence-electron chi connectivity index (χ2n) is 5.66. The SMILES string of the molecule is CCCCCN(C)CC1(CS)CCCCC1. The highest BCUT2D eigenvalue weighted by atomic mass is 32.1. The van der Waals surface area contributed by atoms with Crippen molar-refractivity contribution in [2.75, 3.05) is 25.9 Å². The smallest absolute Gasteiger partial charge is 0.00427 e. The third-order valence-corrected chi connectivity index (χ3v) is 4.67. The lowest BCUT2D eigenvalue weighted by Gasteiger charge is -2.39. The van der Waals surface area contributed by atoms with E-state index in [1.165, 1.54) is 64.5 Å². The van der Waals surface area contributed by atoms with Gasteiger partial charge in [0.2, 0.25) is 0 Å². The minimum absolute atomic E-state index is 0.530. The molecule has 0 saturated heterocycles. The van der Waals surface area contributed by atoms with Crippen molar-refractivity contribution in [3.8, 4) is 0 Å². The van der Waals surface area contributed by atoms with Crippen molar-refractivity contribution in [1.29, 1.82) is 0 Å². The molecule has 0 aromatic carbocycles. The minimum atomic E-state index is 0.530. The number of unbranched alkanes of at least 4 members (excludes halogenated alkanes) is 2. The first-order valence-electron chi connectivity index (χ1n) is 7.02. The Labute approximate surface area is 107 Å². The van der Waals surface area contributed by atoms with Gasteiger partial charge < -0.3 is 4.90 Å². The molecule has 0 heterocycles. The first kappa shape index (κ1) is 14.4. The van der Waals surface area contributed by atoms with Crippen LogP contribution in [0.4, 0.5) is 0 Å². The molecule has 0 bridgehead atoms. The van der Waals surface area contributed by atoms with Crippen molar-refractivity contribution in [3.63, 3.8) is 0 Å². The van der Waals surface area contributed by atoms with E-state index in [0.717, 1.165) is 5.75 Å². The van der Waals surface area contributed by atoms with Crippen molar-refractivity contribution in [2.45, 2.75) is 58.3 Å². The molecule has 16 heavy (non-hydrogen) atoms. The van der Waals surface area contributed by atoms with Crippen LogP contribution in [-0.4, -0.2) is 30.8 Å². The maximum absolute atomic E-state index is 4.61. The summed E-state index contributed by atoms with van der Waals surface area (Å²) >= 11 is 4.61. The second-order valence-corrected chi connectivity index (χ2v) is 5.98. The summed E-state index contributed by atoms with van der Waals surface area (Å²) in [5.41, 5.74) is 0.530. The zero-order chi connectivity index (χ0) is 11.9. The molecular weight excluding hydrogens is 214 g/mol. The summed E-state index contributed by atoms with van der Waals surface area (Å²) in [6.07, 6.45) is 11.1. The van der Waals surface area contributed by atoms with E-state index in [1.807, 2.05) is 0 Å². The Bertz CT molecular complexity index is 176. The number of hydrogen-bond donors (Lipinski definition) is 1. The van der Waals surface area contributed by atoms with Gasteiger partial charge in [-0.3, -0.25) is 0 Å². The molecule has 1 rings (SSSR count). The highest BCUT2D eigenvalue weighted by Gasteiger charge is 2.31. The van der Waals surface area contributed by atoms with Crippen LogP contribution in [0.2, 0.25) is 0 Å². The van der Waals surface area contributed by atoms with Crippen LogP contribution >= 0.6 is 12.6 Å². The van der Waals surface area contributed by atoms with Gasteiger partial charge in [0.1, 0.15) is 0 Å². The zero-order valence-corrected chi connectivity index (χ0v) is 12.1. The van der Waals surface area contributed by atoms with Crippen molar-refractivity contribution >= 4 is 12.6 Å². The van der Waals surface area contributed by atoms with Gasteiger partial charge in [0, 0.05) is 6.54 Å². The molecule has 1 aliphatic carbocycles. The van der Waals surface area contributed by atoms with Gasteiger partial charge in [-0.1, -0.05) is 39.0 Å². The maximum atomic E-state index is 4.61. The highest BCUT2D eigenvalue weighted by Crippen LogP contribution is 2.37. The molecule has 1 aliphatic rings. The molecule has 0 amide bonds. The zero-order valence-electron chi connectivity index (χ0n) is 11.2. The summed E-state index contributed by atoms with van der Waals surface area (Å²) < 4.78 is 0. The summed E-state index contributed by atoms with van der Waals surface area (Å²) in [6.45, 7) is 4.81. The van der Waals surface area contributed by atoms with E-state index in [-0.39, 0.29) is 0 Å². The van der Waals surface area contributed by atoms with Gasteiger partial charge >= 0.3 is 0 Å². The summed E-state index contributed by atoms with van der Waals surface area (Å²) in [6, 6.07) is 0. The Balaban J connectivity index is 2.30. The molecule has 0 aromatic rings. The molecule has 0 aromatic heterocycles. The fourth-order valence-electron chi connectivity index (χ4n) is 2.95. The Kier molecular flexibility index (Phi) is 6.83. The van der Waals surface area contributed by atoms with Gasteiger partial charge in [0.15, 0.2) is 0 Å². The van der Waals surface area contributed by atoms with Crippen LogP contribution in [-0.2, 0) is 0 Å². The molecule has 2 heteroatoms. The first-order chi connectivity index (χ1) is 7.72. The molecule has 0 radical (unpaired) electrons. The standard InChI is InChI=1S/C14H29NS/c1-3-4-8-11-15(2)12-14(13-16)9-6-5-7-10-14/h16H,3-13H2,1-2H3. The summed E-state index contributed by atoms with van der Waals surface area (Å²) in [5.74, 6) is 1.07. The Morgan fingerprint density at radius 1 is 1.12 bits per heavy atom. The molecule has 1 nitrogen and oxygen atoms in total. The average Bonchev–Trinajstić information content (AvgIpc) is 2.30. The summed E-state index contributed by atoms with van der Waals surface area (Å²) in [7, 11) is 2.29. The van der Waals surface area contributed by atoms with Crippen LogP contribution in [0.15, 0.2) is 0 Å². The number of nitrogens with zero attached hydrogens (tertiary/aromatic N) is 1. The van der Waals surface area contributed by atoms with Gasteiger partial charge in [-0.15, -0.1) is 0 Å². The van der Waals surface area contributed by atoms with Crippen LogP contribution in [0.3, 0.4) is 0 Å². The van der Waals surface area contributed by atoms with E-state index in [1.54, 1.807) is 0 Å². The molecule has 0 unspecified atom stereocenters. The lowest BCUT2D eigenvalue weighted by Crippen LogP contribution is -2.39. The van der Waals surface area contributed by atoms with E-state index in [0.29, 0.717) is 5.41 Å². The van der Waals surface area contributed by atoms with E-state index < -0.39 is 0 Å². The van der Waals surface area contributed by atoms with Crippen LogP contribution in [0.5, 0.6) is 0 Å². The number of thiol groups is 1. The third kappa shape index (κ3) is 4.67. The lowest BCUT2D eigenvalue weighted by molar-refractivity contribution is 0.143. The fraction of sp³-hybridized carbons (Fsp3) is 1.00. The maximum Gasteiger partial charge on any atom is 0.00427 e. The molecule has 0 aliphatic heterocycles. The van der Waals surface area contributed by atoms with E-state index in [4.69, 9.17) is 0 Å². The highest BCUT2D eigenvalue weighted by molar-refractivity contribution is 7.80. The monoisotopic (exact) mass is 243 g/mol. The largest absolute Gasteiger partial charge is 0.306 e. The Morgan fingerprint density at radius 3 is 2.38 bits per heavy atom. The summed E-state index contributed by atoms with van der Waals surface area (Å²) in [5, 5.41) is 0. The Morgan fingerprint density at radius 2 is 1.81 bits per heavy atom. The Hall–Kier alpha value is 0.310. The van der Waals surface area contributed by atoms with Gasteiger partial charge in [-0.05, 0) is 44.0 Å². The van der Waals surface area contributed by atoms with Gasteiger partial charge in [-0.25, -0.2) is 0 Å².